The fourth-order valence-electron chi connectivity index (χ4n) is 3.68. The molecule has 1 unspecified atom stereocenters. The van der Waals surface area contributed by atoms with E-state index in [0.29, 0.717) is 0 Å². The average molecular weight is 380 g/mol. The van der Waals surface area contributed by atoms with Crippen LogP contribution in [0.15, 0.2) is 108 Å². The Bertz CT molecular complexity index is 1100. The minimum absolute atomic E-state index is 0.0489. The molecule has 5 rings (SSSR count). The topological polar surface area (TPSA) is 27.6 Å². The maximum atomic E-state index is 4.72. The predicted molar refractivity (Wildman–Crippen MR) is 123 cm³/mol. The van der Waals surface area contributed by atoms with E-state index in [1.54, 1.807) is 0 Å². The van der Waals surface area contributed by atoms with Gasteiger partial charge < -0.3 is 0 Å². The Morgan fingerprint density at radius 2 is 1.31 bits per heavy atom. The van der Waals surface area contributed by atoms with Crippen molar-refractivity contribution in [1.29, 1.82) is 0 Å². The van der Waals surface area contributed by atoms with Crippen molar-refractivity contribution in [3.63, 3.8) is 0 Å². The number of benzene rings is 4. The maximum absolute atomic E-state index is 4.72. The summed E-state index contributed by atoms with van der Waals surface area (Å²) in [5.41, 5.74) is 6.77. The lowest BCUT2D eigenvalue weighted by Crippen LogP contribution is -2.34. The first-order valence-corrected chi connectivity index (χ1v) is 10.1. The fourth-order valence-corrected chi connectivity index (χ4v) is 3.68. The average Bonchev–Trinajstić information content (AvgIpc) is 3.26. The molecule has 0 spiro atoms. The van der Waals surface area contributed by atoms with Crippen LogP contribution < -0.4 is 10.3 Å². The Hall–Kier alpha value is -3.59. The molecule has 1 N–H and O–H groups in total. The highest BCUT2D eigenvalue weighted by Gasteiger charge is 2.31. The number of fused-ring (bicyclic) bond motifs is 1. The zero-order valence-electron chi connectivity index (χ0n) is 16.8. The van der Waals surface area contributed by atoms with Crippen molar-refractivity contribution >= 4 is 22.3 Å². The Morgan fingerprint density at radius 3 is 2.07 bits per heavy atom. The molecule has 1 aliphatic rings. The number of amidine groups is 1. The van der Waals surface area contributed by atoms with Crippen molar-refractivity contribution in [2.75, 3.05) is 4.90 Å². The molecule has 1 atom stereocenters. The lowest BCUT2D eigenvalue weighted by atomic mass is 10.0. The molecular weight excluding hydrogens is 354 g/mol. The molecule has 4 aromatic carbocycles. The third-order valence-corrected chi connectivity index (χ3v) is 4.95. The van der Waals surface area contributed by atoms with E-state index in [9.17, 15) is 0 Å². The van der Waals surface area contributed by atoms with Gasteiger partial charge in [-0.2, -0.15) is 5.10 Å². The molecule has 0 aliphatic carbocycles. The molecule has 29 heavy (non-hydrogen) atoms. The molecule has 0 fully saturated rings. The van der Waals surface area contributed by atoms with Gasteiger partial charge in [0.05, 0.1) is 5.69 Å². The van der Waals surface area contributed by atoms with Crippen LogP contribution in [0.3, 0.4) is 0 Å². The summed E-state index contributed by atoms with van der Waals surface area (Å²) in [5.74, 6) is 0.931. The summed E-state index contributed by atoms with van der Waals surface area (Å²) < 4.78 is 0. The standard InChI is InChI=1S/C24H19N3.C2H6/c1-3-11-19(12-4-1)23-25-26-24(20-13-5-2-6-14-20)27(23)22-17-9-15-18-10-7-8-16-21(18)22;1-2/h1-17,23,25H;1-2H3. The van der Waals surface area contributed by atoms with Gasteiger partial charge in [0.2, 0.25) is 0 Å². The summed E-state index contributed by atoms with van der Waals surface area (Å²) in [5, 5.41) is 7.16. The highest BCUT2D eigenvalue weighted by molar-refractivity contribution is 6.14. The van der Waals surface area contributed by atoms with Crippen LogP contribution in [0.5, 0.6) is 0 Å². The Morgan fingerprint density at radius 1 is 0.690 bits per heavy atom. The fraction of sp³-hybridized carbons (Fsp3) is 0.115. The second-order valence-corrected chi connectivity index (χ2v) is 6.61. The van der Waals surface area contributed by atoms with Gasteiger partial charge in [0.25, 0.3) is 0 Å². The third-order valence-electron chi connectivity index (χ3n) is 4.95. The number of hydrazone groups is 1. The molecule has 0 saturated carbocycles. The predicted octanol–water partition coefficient (Wildman–Crippen LogP) is 6.34. The molecule has 0 amide bonds. The SMILES string of the molecule is CC.c1ccc(C2=NNC(c3ccccc3)N2c2cccc3ccccc23)cc1. The van der Waals surface area contributed by atoms with Crippen molar-refractivity contribution in [2.45, 2.75) is 20.0 Å². The molecular formula is C26H25N3. The second kappa shape index (κ2) is 8.61. The van der Waals surface area contributed by atoms with Gasteiger partial charge in [-0.05, 0) is 17.0 Å². The van der Waals surface area contributed by atoms with Crippen LogP contribution >= 0.6 is 0 Å². The van der Waals surface area contributed by atoms with E-state index in [0.717, 1.165) is 17.1 Å². The molecule has 3 heteroatoms. The Kier molecular flexibility index (Phi) is 5.57. The minimum atomic E-state index is -0.0489. The van der Waals surface area contributed by atoms with E-state index in [-0.39, 0.29) is 6.17 Å². The van der Waals surface area contributed by atoms with E-state index in [4.69, 9.17) is 5.10 Å². The van der Waals surface area contributed by atoms with Gasteiger partial charge in [0.15, 0.2) is 5.84 Å². The normalized spacial score (nSPS) is 15.3. The minimum Gasteiger partial charge on any atom is -0.297 e. The number of hydrogen-bond acceptors (Lipinski definition) is 3. The molecule has 0 aromatic heterocycles. The zero-order chi connectivity index (χ0) is 20.1. The molecule has 0 bridgehead atoms. The first-order valence-electron chi connectivity index (χ1n) is 10.1. The lowest BCUT2D eigenvalue weighted by Gasteiger charge is -2.29. The molecule has 3 nitrogen and oxygen atoms in total. The van der Waals surface area contributed by atoms with Crippen LogP contribution in [-0.4, -0.2) is 5.84 Å². The molecule has 1 heterocycles. The van der Waals surface area contributed by atoms with E-state index in [1.807, 2.05) is 26.0 Å². The van der Waals surface area contributed by atoms with Crippen LogP contribution in [0.2, 0.25) is 0 Å². The first kappa shape index (κ1) is 18.8. The van der Waals surface area contributed by atoms with Gasteiger partial charge in [-0.15, -0.1) is 0 Å². The summed E-state index contributed by atoms with van der Waals surface area (Å²) in [4.78, 5) is 2.30. The summed E-state index contributed by atoms with van der Waals surface area (Å²) in [7, 11) is 0. The smallest absolute Gasteiger partial charge is 0.162 e. The molecule has 144 valence electrons. The van der Waals surface area contributed by atoms with E-state index < -0.39 is 0 Å². The van der Waals surface area contributed by atoms with Crippen LogP contribution in [0.1, 0.15) is 31.1 Å². The maximum Gasteiger partial charge on any atom is 0.162 e. The largest absolute Gasteiger partial charge is 0.297 e. The molecule has 1 aliphatic heterocycles. The monoisotopic (exact) mass is 379 g/mol. The van der Waals surface area contributed by atoms with Crippen LogP contribution in [0.25, 0.3) is 10.8 Å². The summed E-state index contributed by atoms with van der Waals surface area (Å²) in [6.45, 7) is 4.00. The van der Waals surface area contributed by atoms with Crippen molar-refractivity contribution in [3.05, 3.63) is 114 Å². The van der Waals surface area contributed by atoms with E-state index in [2.05, 4.69) is 101 Å². The molecule has 0 saturated heterocycles. The number of rotatable bonds is 3. The summed E-state index contributed by atoms with van der Waals surface area (Å²) >= 11 is 0. The van der Waals surface area contributed by atoms with Gasteiger partial charge in [-0.25, -0.2) is 0 Å². The van der Waals surface area contributed by atoms with Crippen molar-refractivity contribution < 1.29 is 0 Å². The third kappa shape index (κ3) is 3.59. The van der Waals surface area contributed by atoms with Gasteiger partial charge in [0.1, 0.15) is 6.17 Å². The van der Waals surface area contributed by atoms with Crippen molar-refractivity contribution in [2.24, 2.45) is 5.10 Å². The van der Waals surface area contributed by atoms with Crippen molar-refractivity contribution in [3.8, 4) is 0 Å². The lowest BCUT2D eigenvalue weighted by molar-refractivity contribution is 0.618. The summed E-state index contributed by atoms with van der Waals surface area (Å²) in [6.07, 6.45) is -0.0489. The molecule has 4 aromatic rings. The number of hydrogen-bond donors (Lipinski definition) is 1. The van der Waals surface area contributed by atoms with Gasteiger partial charge in [0, 0.05) is 10.9 Å². The second-order valence-electron chi connectivity index (χ2n) is 6.61. The number of nitrogens with one attached hydrogen (secondary N) is 1. The first-order chi connectivity index (χ1) is 14.4. The Labute approximate surface area is 172 Å². The van der Waals surface area contributed by atoms with Gasteiger partial charge in [-0.3, -0.25) is 10.3 Å². The van der Waals surface area contributed by atoms with Crippen LogP contribution in [-0.2, 0) is 0 Å². The van der Waals surface area contributed by atoms with E-state index in [1.165, 1.54) is 16.3 Å². The summed E-state index contributed by atoms with van der Waals surface area (Å²) in [6, 6.07) is 35.7. The number of nitrogens with zero attached hydrogens (tertiary/aromatic N) is 2. The highest BCUT2D eigenvalue weighted by atomic mass is 15.5. The van der Waals surface area contributed by atoms with Gasteiger partial charge in [-0.1, -0.05) is 111 Å². The Balaban J connectivity index is 0.000000994. The van der Waals surface area contributed by atoms with Crippen LogP contribution in [0, 0.1) is 0 Å². The quantitative estimate of drug-likeness (QED) is 0.450. The molecule has 0 radical (unpaired) electrons. The number of anilines is 1. The highest BCUT2D eigenvalue weighted by Crippen LogP contribution is 2.35. The zero-order valence-corrected chi connectivity index (χ0v) is 16.8. The van der Waals surface area contributed by atoms with Crippen molar-refractivity contribution in [1.82, 2.24) is 5.43 Å². The van der Waals surface area contributed by atoms with Crippen LogP contribution in [0.4, 0.5) is 5.69 Å². The van der Waals surface area contributed by atoms with E-state index >= 15 is 0 Å². The van der Waals surface area contributed by atoms with Gasteiger partial charge >= 0.3 is 0 Å².